The molecule has 6 heteroatoms. The van der Waals surface area contributed by atoms with Crippen LogP contribution < -0.4 is 5.32 Å². The lowest BCUT2D eigenvalue weighted by molar-refractivity contribution is -0.133. The Hall–Kier alpha value is -3.02. The van der Waals surface area contributed by atoms with E-state index in [1.54, 1.807) is 6.20 Å². The predicted molar refractivity (Wildman–Crippen MR) is 105 cm³/mol. The number of aromatic nitrogens is 4. The summed E-state index contributed by atoms with van der Waals surface area (Å²) in [6.45, 7) is 0.435. The maximum atomic E-state index is 13.0. The van der Waals surface area contributed by atoms with Gasteiger partial charge in [0.15, 0.2) is 0 Å². The van der Waals surface area contributed by atoms with Crippen molar-refractivity contribution in [3.8, 4) is 11.4 Å². The van der Waals surface area contributed by atoms with Gasteiger partial charge in [0.05, 0.1) is 29.5 Å². The van der Waals surface area contributed by atoms with Crippen molar-refractivity contribution in [3.05, 3.63) is 66.2 Å². The molecule has 1 amide bonds. The van der Waals surface area contributed by atoms with Crippen LogP contribution in [0.1, 0.15) is 30.7 Å². The first-order valence-corrected chi connectivity index (χ1v) is 9.81. The average molecular weight is 373 g/mol. The van der Waals surface area contributed by atoms with Crippen molar-refractivity contribution in [2.75, 3.05) is 0 Å². The fourth-order valence-electron chi connectivity index (χ4n) is 5.21. The zero-order valence-corrected chi connectivity index (χ0v) is 15.9. The highest BCUT2D eigenvalue weighted by Gasteiger charge is 2.63. The van der Waals surface area contributed by atoms with Crippen molar-refractivity contribution in [1.29, 1.82) is 0 Å². The SMILES string of the molecule is Cn1nccc1C12CCC(C1)C2C(=O)NCc1cccc(-c2ccccn2)n1. The van der Waals surface area contributed by atoms with Gasteiger partial charge in [-0.1, -0.05) is 12.1 Å². The molecule has 3 unspecified atom stereocenters. The van der Waals surface area contributed by atoms with Crippen LogP contribution in [0.25, 0.3) is 11.4 Å². The molecule has 1 N–H and O–H groups in total. The van der Waals surface area contributed by atoms with Gasteiger partial charge in [-0.3, -0.25) is 14.5 Å². The van der Waals surface area contributed by atoms with E-state index in [-0.39, 0.29) is 17.2 Å². The number of hydrogen-bond donors (Lipinski definition) is 1. The Labute approximate surface area is 164 Å². The third-order valence-electron chi connectivity index (χ3n) is 6.45. The van der Waals surface area contributed by atoms with Crippen LogP contribution >= 0.6 is 0 Å². The Kier molecular flexibility index (Phi) is 4.00. The lowest BCUT2D eigenvalue weighted by Crippen LogP contribution is -2.53. The molecule has 3 fully saturated rings. The van der Waals surface area contributed by atoms with Gasteiger partial charge in [-0.05, 0) is 55.5 Å². The van der Waals surface area contributed by atoms with Crippen LogP contribution in [0.4, 0.5) is 0 Å². The van der Waals surface area contributed by atoms with Crippen molar-refractivity contribution in [1.82, 2.24) is 25.1 Å². The zero-order valence-electron chi connectivity index (χ0n) is 15.9. The molecule has 3 saturated carbocycles. The maximum absolute atomic E-state index is 13.0. The normalized spacial score (nSPS) is 25.3. The van der Waals surface area contributed by atoms with Gasteiger partial charge >= 0.3 is 0 Å². The molecule has 6 nitrogen and oxygen atoms in total. The van der Waals surface area contributed by atoms with Gasteiger partial charge in [0.25, 0.3) is 0 Å². The molecule has 6 rings (SSSR count). The van der Waals surface area contributed by atoms with Crippen molar-refractivity contribution in [2.24, 2.45) is 18.9 Å². The first-order valence-electron chi connectivity index (χ1n) is 9.81. The monoisotopic (exact) mass is 373 g/mol. The van der Waals surface area contributed by atoms with Gasteiger partial charge in [-0.2, -0.15) is 5.10 Å². The quantitative estimate of drug-likeness (QED) is 0.746. The lowest BCUT2D eigenvalue weighted by atomic mass is 9.58. The van der Waals surface area contributed by atoms with Crippen molar-refractivity contribution < 1.29 is 4.79 Å². The van der Waals surface area contributed by atoms with Crippen molar-refractivity contribution in [2.45, 2.75) is 31.2 Å². The summed E-state index contributed by atoms with van der Waals surface area (Å²) in [5.41, 5.74) is 3.66. The highest BCUT2D eigenvalue weighted by atomic mass is 16.2. The van der Waals surface area contributed by atoms with Crippen LogP contribution in [0.3, 0.4) is 0 Å². The Morgan fingerprint density at radius 2 is 2.07 bits per heavy atom. The van der Waals surface area contributed by atoms with Crippen LogP contribution in [0.5, 0.6) is 0 Å². The largest absolute Gasteiger partial charge is 0.350 e. The number of hydrogen-bond acceptors (Lipinski definition) is 4. The van der Waals surface area contributed by atoms with Gasteiger partial charge in [0, 0.05) is 30.6 Å². The number of amides is 1. The molecule has 2 bridgehead atoms. The minimum atomic E-state index is -0.0385. The number of fused-ring (bicyclic) bond motifs is 1. The minimum Gasteiger partial charge on any atom is -0.350 e. The van der Waals surface area contributed by atoms with Crippen LogP contribution in [-0.4, -0.2) is 25.7 Å². The molecule has 0 saturated heterocycles. The van der Waals surface area contributed by atoms with Crippen LogP contribution in [0.15, 0.2) is 54.9 Å². The number of pyridine rings is 2. The predicted octanol–water partition coefficient (Wildman–Crippen LogP) is 2.86. The smallest absolute Gasteiger partial charge is 0.224 e. The second-order valence-corrected chi connectivity index (χ2v) is 7.92. The number of carbonyl (C=O) groups excluding carboxylic acids is 1. The van der Waals surface area contributed by atoms with E-state index in [1.807, 2.05) is 54.3 Å². The highest BCUT2D eigenvalue weighted by molar-refractivity contribution is 5.82. The Balaban J connectivity index is 1.30. The first-order chi connectivity index (χ1) is 13.7. The number of nitrogens with zero attached hydrogens (tertiary/aromatic N) is 4. The molecule has 3 aromatic heterocycles. The summed E-state index contributed by atoms with van der Waals surface area (Å²) in [5, 5.41) is 7.46. The van der Waals surface area contributed by atoms with E-state index in [4.69, 9.17) is 0 Å². The topological polar surface area (TPSA) is 72.7 Å². The fraction of sp³-hybridized carbons (Fsp3) is 0.364. The van der Waals surface area contributed by atoms with E-state index in [0.717, 1.165) is 36.3 Å². The van der Waals surface area contributed by atoms with Gasteiger partial charge in [0.1, 0.15) is 0 Å². The fourth-order valence-corrected chi connectivity index (χ4v) is 5.21. The number of carbonyl (C=O) groups is 1. The molecule has 3 aliphatic rings. The summed E-state index contributed by atoms with van der Waals surface area (Å²) in [4.78, 5) is 22.1. The number of aryl methyl sites for hydroxylation is 1. The second-order valence-electron chi connectivity index (χ2n) is 7.92. The molecule has 0 aromatic carbocycles. The second kappa shape index (κ2) is 6.55. The molecule has 142 valence electrons. The molecule has 28 heavy (non-hydrogen) atoms. The molecular formula is C22H23N5O. The summed E-state index contributed by atoms with van der Waals surface area (Å²) >= 11 is 0. The number of nitrogens with one attached hydrogen (secondary N) is 1. The van der Waals surface area contributed by atoms with Gasteiger partial charge in [-0.15, -0.1) is 0 Å². The summed E-state index contributed by atoms with van der Waals surface area (Å²) < 4.78 is 1.93. The third-order valence-corrected chi connectivity index (χ3v) is 6.45. The molecular weight excluding hydrogens is 350 g/mol. The molecule has 3 aliphatic carbocycles. The van der Waals surface area contributed by atoms with E-state index >= 15 is 0 Å². The maximum Gasteiger partial charge on any atom is 0.224 e. The molecule has 3 atom stereocenters. The Bertz CT molecular complexity index is 1010. The van der Waals surface area contributed by atoms with Crippen LogP contribution in [0.2, 0.25) is 0 Å². The minimum absolute atomic E-state index is 0.0385. The standard InChI is InChI=1S/C22H23N5O/c1-27-19(9-12-25-27)22-10-8-15(13-22)20(22)21(28)24-14-16-5-4-7-18(26-16)17-6-2-3-11-23-17/h2-7,9,11-12,15,20H,8,10,13-14H2,1H3,(H,24,28). The molecule has 0 aliphatic heterocycles. The molecule has 3 aromatic rings. The van der Waals surface area contributed by atoms with Gasteiger partial charge in [-0.25, -0.2) is 4.98 Å². The van der Waals surface area contributed by atoms with E-state index < -0.39 is 0 Å². The molecule has 3 heterocycles. The van der Waals surface area contributed by atoms with Crippen LogP contribution in [0, 0.1) is 11.8 Å². The van der Waals surface area contributed by atoms with Crippen molar-refractivity contribution in [3.63, 3.8) is 0 Å². The average Bonchev–Trinajstić information content (AvgIpc) is 3.42. The van der Waals surface area contributed by atoms with E-state index in [1.165, 1.54) is 5.69 Å². The first kappa shape index (κ1) is 17.1. The van der Waals surface area contributed by atoms with E-state index in [2.05, 4.69) is 26.4 Å². The van der Waals surface area contributed by atoms with E-state index in [9.17, 15) is 4.79 Å². The Morgan fingerprint density at radius 3 is 2.82 bits per heavy atom. The molecule has 0 spiro atoms. The third kappa shape index (κ3) is 2.63. The van der Waals surface area contributed by atoms with Crippen molar-refractivity contribution >= 4 is 5.91 Å². The van der Waals surface area contributed by atoms with E-state index in [0.29, 0.717) is 12.5 Å². The summed E-state index contributed by atoms with van der Waals surface area (Å²) in [5.74, 6) is 0.671. The highest BCUT2D eigenvalue weighted by Crippen LogP contribution is 2.63. The van der Waals surface area contributed by atoms with Crippen LogP contribution in [-0.2, 0) is 23.8 Å². The lowest BCUT2D eigenvalue weighted by Gasteiger charge is -2.46. The Morgan fingerprint density at radius 1 is 1.18 bits per heavy atom. The summed E-state index contributed by atoms with van der Waals surface area (Å²) in [6.07, 6.45) is 6.88. The number of rotatable bonds is 5. The summed E-state index contributed by atoms with van der Waals surface area (Å²) in [7, 11) is 1.97. The summed E-state index contributed by atoms with van der Waals surface area (Å²) in [6, 6.07) is 13.7. The van der Waals surface area contributed by atoms with Gasteiger partial charge < -0.3 is 5.32 Å². The zero-order chi connectivity index (χ0) is 19.1. The van der Waals surface area contributed by atoms with Gasteiger partial charge in [0.2, 0.25) is 5.91 Å². The molecule has 0 radical (unpaired) electrons.